The van der Waals surface area contributed by atoms with Crippen molar-refractivity contribution < 1.29 is 59.8 Å². The number of rotatable bonds is 10. The molecule has 1 aromatic heterocycles. The van der Waals surface area contributed by atoms with Crippen molar-refractivity contribution in [2.45, 2.75) is 29.6 Å². The topological polar surface area (TPSA) is 260 Å². The van der Waals surface area contributed by atoms with Crippen molar-refractivity contribution in [3.05, 3.63) is 89.3 Å². The lowest BCUT2D eigenvalue weighted by atomic mass is 10.1. The number of hydrazone groups is 1. The molecule has 1 saturated heterocycles. The molecule has 3 heterocycles. The number of imide groups is 1. The van der Waals surface area contributed by atoms with Gasteiger partial charge in [0, 0.05) is 19.8 Å². The Kier molecular flexibility index (Phi) is 9.70. The maximum Gasteiger partial charge on any atom is 0.359 e. The Morgan fingerprint density at radius 3 is 2.22 bits per heavy atom. The highest BCUT2D eigenvalue weighted by atomic mass is 32.2. The maximum atomic E-state index is 13.6. The second-order valence-corrected chi connectivity index (χ2v) is 13.5. The number of likely N-dealkylation sites (tertiary alicyclic amines) is 1. The van der Waals surface area contributed by atoms with Gasteiger partial charge in [-0.05, 0) is 54.6 Å². The van der Waals surface area contributed by atoms with Crippen LogP contribution in [-0.2, 0) is 44.2 Å². The predicted octanol–water partition coefficient (Wildman–Crippen LogP) is 1.82. The monoisotopic (exact) mass is 739 g/mol. The first-order valence-electron chi connectivity index (χ1n) is 14.4. The predicted molar refractivity (Wildman–Crippen MR) is 175 cm³/mol. The Balaban J connectivity index is 1.64. The Hall–Kier alpha value is -6.09. The van der Waals surface area contributed by atoms with E-state index < -0.39 is 82.4 Å². The lowest BCUT2D eigenvalue weighted by Gasteiger charge is -2.15. The first-order valence-corrected chi connectivity index (χ1v) is 17.3. The van der Waals surface area contributed by atoms with E-state index in [9.17, 15) is 55.0 Å². The van der Waals surface area contributed by atoms with Crippen LogP contribution in [0.2, 0.25) is 0 Å². The molecule has 0 unspecified atom stereocenters. The summed E-state index contributed by atoms with van der Waals surface area (Å²) in [4.78, 5) is 63.9. The Labute approximate surface area is 288 Å². The van der Waals surface area contributed by atoms with Gasteiger partial charge in [-0.3, -0.25) is 33.2 Å². The molecule has 0 aliphatic carbocycles. The van der Waals surface area contributed by atoms with E-state index in [-0.39, 0.29) is 35.5 Å². The molecule has 3 aromatic rings. The summed E-state index contributed by atoms with van der Waals surface area (Å²) < 4.78 is 72.0. The second kappa shape index (κ2) is 13.7. The van der Waals surface area contributed by atoms with E-state index in [1.54, 1.807) is 0 Å². The molecule has 3 amide bonds. The molecule has 2 aliphatic heterocycles. The van der Waals surface area contributed by atoms with Gasteiger partial charge in [0.15, 0.2) is 11.5 Å². The standard InChI is InChI=1S/C31H25N5O13S2/c1-17(37)27-21(29(40)35(32-27)19-6-5-7-20(16-19)50(43,44)45)12-10-18(34-25(38)14-15-26(34)39)11-13-22-28(31(42)49-2)33-36(30(22)41)23-8-3-4-9-24(23)51(46,47)48/h3-13,16,40H,14-15H2,1-2H3,(H,43,44,45)(H,46,47,48)/b12-10+,18-11-,22-13+. The minimum atomic E-state index is -4.87. The number of benzene rings is 2. The van der Waals surface area contributed by atoms with Crippen LogP contribution in [0.1, 0.15) is 35.8 Å². The van der Waals surface area contributed by atoms with E-state index in [4.69, 9.17) is 4.74 Å². The largest absolute Gasteiger partial charge is 0.493 e. The number of anilines is 1. The van der Waals surface area contributed by atoms with Gasteiger partial charge in [0.25, 0.3) is 26.1 Å². The van der Waals surface area contributed by atoms with Gasteiger partial charge in [-0.15, -0.1) is 0 Å². The SMILES string of the molecule is COC(=O)C1=NN(c2ccccc2S(=O)(=O)O)C(=O)/C1=C/C=C(/C=C/c1c(C(C)=O)nn(-c2cccc(S(=O)(=O)O)c2)c1O)N1C(=O)CCC1=O. The molecular formula is C31H25N5O13S2. The van der Waals surface area contributed by atoms with Gasteiger partial charge < -0.3 is 9.84 Å². The fourth-order valence-electron chi connectivity index (χ4n) is 5.02. The number of methoxy groups -OCH3 is 1. The number of allylic oxidation sites excluding steroid dienone is 3. The van der Waals surface area contributed by atoms with Crippen LogP contribution in [-0.4, -0.2) is 88.0 Å². The smallest absolute Gasteiger partial charge is 0.359 e. The number of hydrogen-bond donors (Lipinski definition) is 3. The molecular weight excluding hydrogens is 714 g/mol. The summed E-state index contributed by atoms with van der Waals surface area (Å²) >= 11 is 0. The molecule has 20 heteroatoms. The molecule has 2 aromatic carbocycles. The minimum Gasteiger partial charge on any atom is -0.493 e. The number of esters is 1. The van der Waals surface area contributed by atoms with E-state index in [1.165, 1.54) is 24.3 Å². The molecule has 5 rings (SSSR count). The van der Waals surface area contributed by atoms with Gasteiger partial charge in [0.2, 0.25) is 17.7 Å². The Morgan fingerprint density at radius 2 is 1.61 bits per heavy atom. The molecule has 3 N–H and O–H groups in total. The number of carbonyl (C=O) groups excluding carboxylic acids is 5. The van der Waals surface area contributed by atoms with E-state index in [0.29, 0.717) is 5.01 Å². The summed E-state index contributed by atoms with van der Waals surface area (Å²) in [7, 11) is -8.53. The van der Waals surface area contributed by atoms with Gasteiger partial charge in [-0.2, -0.15) is 36.7 Å². The summed E-state index contributed by atoms with van der Waals surface area (Å²) in [5, 5.41) is 19.6. The van der Waals surface area contributed by atoms with Crippen LogP contribution in [0, 0.1) is 0 Å². The van der Waals surface area contributed by atoms with Crippen LogP contribution in [0.3, 0.4) is 0 Å². The number of hydrogen-bond acceptors (Lipinski definition) is 13. The van der Waals surface area contributed by atoms with Gasteiger partial charge >= 0.3 is 5.97 Å². The molecule has 264 valence electrons. The number of carbonyl (C=O) groups is 5. The zero-order valence-electron chi connectivity index (χ0n) is 26.3. The van der Waals surface area contributed by atoms with Crippen molar-refractivity contribution in [2.24, 2.45) is 5.10 Å². The third kappa shape index (κ3) is 7.14. The number of para-hydroxylation sites is 1. The lowest BCUT2D eigenvalue weighted by Crippen LogP contribution is -2.27. The van der Waals surface area contributed by atoms with Crippen LogP contribution in [0.25, 0.3) is 11.8 Å². The summed E-state index contributed by atoms with van der Waals surface area (Å²) in [6.07, 6.45) is 3.96. The molecule has 0 atom stereocenters. The van der Waals surface area contributed by atoms with Crippen molar-refractivity contribution >= 4 is 67.2 Å². The second-order valence-electron chi connectivity index (χ2n) is 10.7. The highest BCUT2D eigenvalue weighted by Gasteiger charge is 2.38. The number of amides is 3. The molecule has 0 bridgehead atoms. The fourth-order valence-corrected chi connectivity index (χ4v) is 6.21. The number of ether oxygens (including phenoxy) is 1. The highest BCUT2D eigenvalue weighted by molar-refractivity contribution is 7.86. The molecule has 0 spiro atoms. The third-order valence-electron chi connectivity index (χ3n) is 7.37. The Bertz CT molecular complexity index is 2370. The van der Waals surface area contributed by atoms with E-state index in [2.05, 4.69) is 10.2 Å². The first kappa shape index (κ1) is 36.2. The van der Waals surface area contributed by atoms with Crippen LogP contribution in [0.4, 0.5) is 5.69 Å². The number of nitrogens with zero attached hydrogens (tertiary/aromatic N) is 5. The molecule has 1 fully saturated rings. The van der Waals surface area contributed by atoms with E-state index in [0.717, 1.165) is 72.2 Å². The molecule has 0 radical (unpaired) electrons. The van der Waals surface area contributed by atoms with E-state index in [1.807, 2.05) is 0 Å². The number of Topliss-reactive ketones (excluding diaryl/α,β-unsaturated/α-hetero) is 1. The zero-order chi connectivity index (χ0) is 37.4. The zero-order valence-corrected chi connectivity index (χ0v) is 28.0. The van der Waals surface area contributed by atoms with E-state index >= 15 is 0 Å². The Morgan fingerprint density at radius 1 is 0.941 bits per heavy atom. The summed E-state index contributed by atoms with van der Waals surface area (Å²) in [6.45, 7) is 1.12. The summed E-state index contributed by atoms with van der Waals surface area (Å²) in [5.41, 5.74) is -2.33. The molecule has 18 nitrogen and oxygen atoms in total. The van der Waals surface area contributed by atoms with Gasteiger partial charge in [0.05, 0.1) is 40.2 Å². The molecule has 2 aliphatic rings. The fraction of sp³-hybridized carbons (Fsp3) is 0.129. The molecule has 51 heavy (non-hydrogen) atoms. The number of aromatic hydroxyl groups is 1. The minimum absolute atomic E-state index is 0.0651. The van der Waals surface area contributed by atoms with Crippen LogP contribution >= 0.6 is 0 Å². The van der Waals surface area contributed by atoms with Crippen LogP contribution in [0.5, 0.6) is 5.88 Å². The normalized spacial score (nSPS) is 16.5. The maximum absolute atomic E-state index is 13.6. The summed E-state index contributed by atoms with van der Waals surface area (Å²) in [5.74, 6) is -4.84. The summed E-state index contributed by atoms with van der Waals surface area (Å²) in [6, 6.07) is 9.40. The highest BCUT2D eigenvalue weighted by Crippen LogP contribution is 2.32. The van der Waals surface area contributed by atoms with Crippen LogP contribution in [0.15, 0.2) is 92.9 Å². The van der Waals surface area contributed by atoms with Crippen molar-refractivity contribution in [3.63, 3.8) is 0 Å². The van der Waals surface area contributed by atoms with Gasteiger partial charge in [0.1, 0.15) is 10.6 Å². The number of aromatic nitrogens is 2. The quantitative estimate of drug-likeness (QED) is 0.0669. The average molecular weight is 740 g/mol. The van der Waals surface area contributed by atoms with Crippen molar-refractivity contribution in [3.8, 4) is 11.6 Å². The lowest BCUT2D eigenvalue weighted by molar-refractivity contribution is -0.136. The van der Waals surface area contributed by atoms with Crippen molar-refractivity contribution in [1.82, 2.24) is 14.7 Å². The first-order chi connectivity index (χ1) is 23.9. The van der Waals surface area contributed by atoms with Crippen molar-refractivity contribution in [1.29, 1.82) is 0 Å². The van der Waals surface area contributed by atoms with Crippen molar-refractivity contribution in [2.75, 3.05) is 12.1 Å². The van der Waals surface area contributed by atoms with Gasteiger partial charge in [-0.1, -0.05) is 18.2 Å². The molecule has 0 saturated carbocycles. The van der Waals surface area contributed by atoms with Crippen LogP contribution < -0.4 is 5.01 Å². The number of ketones is 1. The average Bonchev–Trinajstić information content (AvgIpc) is 3.71. The third-order valence-corrected chi connectivity index (χ3v) is 9.12. The van der Waals surface area contributed by atoms with Gasteiger partial charge in [-0.25, -0.2) is 4.79 Å².